The molecule has 0 N–H and O–H groups in total. The van der Waals surface area contributed by atoms with Crippen LogP contribution >= 0.6 is 11.8 Å². The Labute approximate surface area is 123 Å². The summed E-state index contributed by atoms with van der Waals surface area (Å²) < 4.78 is 55.1. The molecule has 3 aliphatic rings. The minimum atomic E-state index is -4.90. The Kier molecular flexibility index (Phi) is 2.53. The fourth-order valence-corrected chi connectivity index (χ4v) is 4.91. The first-order valence-corrected chi connectivity index (χ1v) is 7.42. The zero-order valence-electron chi connectivity index (χ0n) is 10.7. The van der Waals surface area contributed by atoms with Gasteiger partial charge in [-0.1, -0.05) is 60.3 Å². The molecule has 2 aromatic carbocycles. The van der Waals surface area contributed by atoms with Gasteiger partial charge in [0.25, 0.3) is 5.00 Å². The van der Waals surface area contributed by atoms with Crippen molar-refractivity contribution in [3.05, 3.63) is 70.8 Å². The first-order valence-electron chi connectivity index (χ1n) is 6.54. The molecule has 2 heterocycles. The van der Waals surface area contributed by atoms with Gasteiger partial charge in [-0.15, -0.1) is 0 Å². The van der Waals surface area contributed by atoms with Crippen LogP contribution in [0, 0.1) is 0 Å². The topological polar surface area (TPSA) is 0 Å². The van der Waals surface area contributed by atoms with Crippen molar-refractivity contribution in [1.29, 1.82) is 0 Å². The standard InChI is InChI=1S/C16H10F4S/c17-15(16(18,19)20)13-9-5-1-3-7-11(9)14(21-15)12-8-4-2-6-10(12)13/h1-8,13-14H. The lowest BCUT2D eigenvalue weighted by Crippen LogP contribution is -2.49. The van der Waals surface area contributed by atoms with E-state index in [1.807, 2.05) is 0 Å². The minimum absolute atomic E-state index is 0.384. The van der Waals surface area contributed by atoms with E-state index in [-0.39, 0.29) is 0 Å². The number of fused-ring (bicyclic) bond motifs is 1. The van der Waals surface area contributed by atoms with E-state index < -0.39 is 22.3 Å². The Morgan fingerprint density at radius 2 is 1.24 bits per heavy atom. The molecule has 2 aliphatic heterocycles. The number of thioether (sulfide) groups is 1. The number of alkyl halides is 4. The van der Waals surface area contributed by atoms with Gasteiger partial charge in [-0.3, -0.25) is 0 Å². The van der Waals surface area contributed by atoms with Gasteiger partial charge in [0.05, 0.1) is 11.2 Å². The summed E-state index contributed by atoms with van der Waals surface area (Å²) in [5, 5.41) is -3.87. The molecular weight excluding hydrogens is 300 g/mol. The van der Waals surface area contributed by atoms with Crippen LogP contribution in [0.5, 0.6) is 0 Å². The normalized spacial score (nSPS) is 29.9. The summed E-state index contributed by atoms with van der Waals surface area (Å²) in [4.78, 5) is 0. The zero-order valence-corrected chi connectivity index (χ0v) is 11.5. The number of benzene rings is 2. The van der Waals surface area contributed by atoms with Crippen molar-refractivity contribution >= 4 is 11.8 Å². The summed E-state index contributed by atoms with van der Waals surface area (Å²) >= 11 is 0.384. The van der Waals surface area contributed by atoms with Gasteiger partial charge in [-0.25, -0.2) is 4.39 Å². The SMILES string of the molecule is FC(F)(F)C1(F)SC2c3ccccc3C1c1ccccc12. The third-order valence-electron chi connectivity index (χ3n) is 4.23. The van der Waals surface area contributed by atoms with E-state index in [9.17, 15) is 17.6 Å². The van der Waals surface area contributed by atoms with Gasteiger partial charge in [0.2, 0.25) is 0 Å². The lowest BCUT2D eigenvalue weighted by molar-refractivity contribution is -0.199. The third-order valence-corrected chi connectivity index (χ3v) is 5.78. The molecule has 1 aliphatic carbocycles. The number of hydrogen-bond acceptors (Lipinski definition) is 1. The number of rotatable bonds is 0. The second-order valence-corrected chi connectivity index (χ2v) is 6.63. The van der Waals surface area contributed by atoms with Gasteiger partial charge in [0, 0.05) is 0 Å². The highest BCUT2D eigenvalue weighted by molar-refractivity contribution is 8.01. The van der Waals surface area contributed by atoms with Crippen molar-refractivity contribution in [3.8, 4) is 0 Å². The molecule has 1 atom stereocenters. The van der Waals surface area contributed by atoms with E-state index >= 15 is 0 Å². The number of halogens is 4. The third kappa shape index (κ3) is 1.58. The molecule has 5 heteroatoms. The molecule has 1 unspecified atom stereocenters. The minimum Gasteiger partial charge on any atom is -0.221 e. The maximum Gasteiger partial charge on any atom is 0.433 e. The van der Waals surface area contributed by atoms with Crippen LogP contribution in [-0.2, 0) is 0 Å². The summed E-state index contributed by atoms with van der Waals surface area (Å²) in [6.07, 6.45) is -4.90. The monoisotopic (exact) mass is 310 g/mol. The molecule has 0 saturated carbocycles. The van der Waals surface area contributed by atoms with E-state index in [2.05, 4.69) is 0 Å². The first kappa shape index (κ1) is 13.2. The molecule has 5 rings (SSSR count). The molecule has 0 nitrogen and oxygen atoms in total. The molecule has 0 aromatic heterocycles. The van der Waals surface area contributed by atoms with Gasteiger partial charge in [-0.05, 0) is 22.3 Å². The fraction of sp³-hybridized carbons (Fsp3) is 0.250. The summed E-state index contributed by atoms with van der Waals surface area (Å²) in [5.41, 5.74) is 2.51. The summed E-state index contributed by atoms with van der Waals surface area (Å²) in [6, 6.07) is 13.7. The largest absolute Gasteiger partial charge is 0.433 e. The Balaban J connectivity index is 2.04. The lowest BCUT2D eigenvalue weighted by atomic mass is 9.74. The van der Waals surface area contributed by atoms with Gasteiger partial charge in [0.15, 0.2) is 0 Å². The second-order valence-electron chi connectivity index (χ2n) is 5.33. The van der Waals surface area contributed by atoms with Crippen LogP contribution < -0.4 is 0 Å². The van der Waals surface area contributed by atoms with Gasteiger partial charge in [0.1, 0.15) is 0 Å². The molecule has 2 aromatic rings. The second kappa shape index (κ2) is 4.03. The van der Waals surface area contributed by atoms with Crippen LogP contribution in [0.4, 0.5) is 17.6 Å². The van der Waals surface area contributed by atoms with Crippen LogP contribution in [-0.4, -0.2) is 11.2 Å². The molecule has 0 spiro atoms. The quantitative estimate of drug-likeness (QED) is 0.603. The summed E-state index contributed by atoms with van der Waals surface area (Å²) in [5.74, 6) is -1.29. The van der Waals surface area contributed by atoms with Crippen LogP contribution in [0.15, 0.2) is 48.5 Å². The molecular formula is C16H10F4S. The highest BCUT2D eigenvalue weighted by atomic mass is 32.2. The van der Waals surface area contributed by atoms with Crippen molar-refractivity contribution in [2.75, 3.05) is 0 Å². The van der Waals surface area contributed by atoms with E-state index in [1.165, 1.54) is 0 Å². The van der Waals surface area contributed by atoms with Crippen LogP contribution in [0.2, 0.25) is 0 Å². The van der Waals surface area contributed by atoms with Crippen molar-refractivity contribution in [3.63, 3.8) is 0 Å². The smallest absolute Gasteiger partial charge is 0.221 e. The predicted octanol–water partition coefficient (Wildman–Crippen LogP) is 5.20. The Hall–Kier alpha value is -1.49. The maximum absolute atomic E-state index is 15.0. The molecule has 0 fully saturated rings. The summed E-state index contributed by atoms with van der Waals surface area (Å²) in [6.45, 7) is 0. The van der Waals surface area contributed by atoms with E-state index in [4.69, 9.17) is 0 Å². The van der Waals surface area contributed by atoms with Crippen LogP contribution in [0.3, 0.4) is 0 Å². The average molecular weight is 310 g/mol. The molecule has 2 bridgehead atoms. The van der Waals surface area contributed by atoms with Crippen molar-refractivity contribution in [2.45, 2.75) is 22.3 Å². The maximum atomic E-state index is 15.0. The lowest BCUT2D eigenvalue weighted by Gasteiger charge is -2.48. The van der Waals surface area contributed by atoms with Gasteiger partial charge in [-0.2, -0.15) is 13.2 Å². The van der Waals surface area contributed by atoms with Gasteiger partial charge < -0.3 is 0 Å². The highest BCUT2D eigenvalue weighted by Gasteiger charge is 2.67. The Morgan fingerprint density at radius 3 is 1.67 bits per heavy atom. The van der Waals surface area contributed by atoms with Crippen molar-refractivity contribution in [2.24, 2.45) is 0 Å². The molecule has 108 valence electrons. The molecule has 0 saturated heterocycles. The highest BCUT2D eigenvalue weighted by Crippen LogP contribution is 2.68. The zero-order chi connectivity index (χ0) is 14.8. The molecule has 21 heavy (non-hydrogen) atoms. The number of hydrogen-bond donors (Lipinski definition) is 0. The first-order chi connectivity index (χ1) is 9.93. The summed E-state index contributed by atoms with van der Waals surface area (Å²) in [7, 11) is 0. The average Bonchev–Trinajstić information content (AvgIpc) is 2.46. The van der Waals surface area contributed by atoms with E-state index in [0.29, 0.717) is 22.9 Å². The fourth-order valence-electron chi connectivity index (χ4n) is 3.36. The van der Waals surface area contributed by atoms with Gasteiger partial charge >= 0.3 is 6.18 Å². The van der Waals surface area contributed by atoms with Crippen LogP contribution in [0.25, 0.3) is 0 Å². The van der Waals surface area contributed by atoms with E-state index in [1.54, 1.807) is 48.5 Å². The Morgan fingerprint density at radius 1 is 0.810 bits per heavy atom. The van der Waals surface area contributed by atoms with Crippen LogP contribution in [0.1, 0.15) is 33.4 Å². The van der Waals surface area contributed by atoms with Crippen molar-refractivity contribution in [1.82, 2.24) is 0 Å². The molecule has 0 radical (unpaired) electrons. The molecule has 0 amide bonds. The van der Waals surface area contributed by atoms with E-state index in [0.717, 1.165) is 11.1 Å². The Bertz CT molecular complexity index is 677. The predicted molar refractivity (Wildman–Crippen MR) is 74.1 cm³/mol. The van der Waals surface area contributed by atoms with Crippen molar-refractivity contribution < 1.29 is 17.6 Å².